The Morgan fingerprint density at radius 3 is 2.57 bits per heavy atom. The van der Waals surface area contributed by atoms with Gasteiger partial charge in [-0.25, -0.2) is 0 Å². The van der Waals surface area contributed by atoms with Crippen molar-refractivity contribution in [1.29, 1.82) is 0 Å². The highest BCUT2D eigenvalue weighted by atomic mass is 127. The number of guanidine groups is 1. The Morgan fingerprint density at radius 2 is 1.91 bits per heavy atom. The molecule has 0 atom stereocenters. The molecule has 1 saturated heterocycles. The second-order valence-corrected chi connectivity index (χ2v) is 7.41. The second kappa shape index (κ2) is 10.7. The second-order valence-electron chi connectivity index (χ2n) is 7.41. The number of nitrogens with zero attached hydrogens (tertiary/aromatic N) is 2. The minimum atomic E-state index is 0. The molecule has 0 unspecified atom stereocenters. The number of ether oxygens (including phenoxy) is 1. The summed E-state index contributed by atoms with van der Waals surface area (Å²) in [4.78, 5) is 7.02. The summed E-state index contributed by atoms with van der Waals surface area (Å²) in [6.45, 7) is 11.4. The van der Waals surface area contributed by atoms with Crippen molar-refractivity contribution in [2.75, 3.05) is 45.9 Å². The van der Waals surface area contributed by atoms with Crippen molar-refractivity contribution in [2.24, 2.45) is 22.1 Å². The number of hydrogen-bond acceptors (Lipinski definition) is 3. The summed E-state index contributed by atoms with van der Waals surface area (Å²) >= 11 is 0. The lowest BCUT2D eigenvalue weighted by Crippen LogP contribution is -2.39. The third-order valence-electron chi connectivity index (χ3n) is 5.18. The fourth-order valence-electron chi connectivity index (χ4n) is 3.53. The summed E-state index contributed by atoms with van der Waals surface area (Å²) in [5, 5.41) is 3.26. The maximum atomic E-state index is 6.00. The van der Waals surface area contributed by atoms with E-state index < -0.39 is 0 Å². The van der Waals surface area contributed by atoms with Crippen molar-refractivity contribution in [3.63, 3.8) is 0 Å². The summed E-state index contributed by atoms with van der Waals surface area (Å²) < 4.78 is 5.35. The van der Waals surface area contributed by atoms with Crippen LogP contribution in [0.15, 0.2) is 4.99 Å². The smallest absolute Gasteiger partial charge is 0.188 e. The molecule has 1 aliphatic heterocycles. The molecule has 6 heteroatoms. The third-order valence-corrected chi connectivity index (χ3v) is 5.18. The lowest BCUT2D eigenvalue weighted by atomic mass is 9.78. The number of aliphatic imine (C=N–C) groups is 1. The highest BCUT2D eigenvalue weighted by Crippen LogP contribution is 2.39. The van der Waals surface area contributed by atoms with Crippen LogP contribution in [0.4, 0.5) is 0 Å². The lowest BCUT2D eigenvalue weighted by molar-refractivity contribution is 0.0376. The summed E-state index contributed by atoms with van der Waals surface area (Å²) in [5.41, 5.74) is 6.28. The number of nitrogens with one attached hydrogen (secondary N) is 1. The molecule has 0 aromatic rings. The standard InChI is InChI=1S/C17H34N4O.HI/c1-17(2,15-6-3-4-7-15)14-20-16(18)19-8-5-9-21-10-12-22-13-11-21;/h15H,3-14H2,1-2H3,(H3,18,19,20);1H. The van der Waals surface area contributed by atoms with E-state index in [1.54, 1.807) is 0 Å². The summed E-state index contributed by atoms with van der Waals surface area (Å²) in [7, 11) is 0. The van der Waals surface area contributed by atoms with Gasteiger partial charge in [-0.15, -0.1) is 24.0 Å². The van der Waals surface area contributed by atoms with Gasteiger partial charge in [0.2, 0.25) is 0 Å². The number of halogens is 1. The van der Waals surface area contributed by atoms with Crippen molar-refractivity contribution in [2.45, 2.75) is 46.0 Å². The van der Waals surface area contributed by atoms with Gasteiger partial charge in [-0.05, 0) is 37.1 Å². The average Bonchev–Trinajstić information content (AvgIpc) is 3.06. The molecule has 2 rings (SSSR count). The molecule has 23 heavy (non-hydrogen) atoms. The molecular weight excluding hydrogens is 403 g/mol. The Balaban J connectivity index is 0.00000264. The Bertz CT molecular complexity index is 351. The number of morpholine rings is 1. The van der Waals surface area contributed by atoms with Crippen molar-refractivity contribution in [1.82, 2.24) is 10.2 Å². The molecule has 2 fully saturated rings. The molecule has 0 spiro atoms. The summed E-state index contributed by atoms with van der Waals surface area (Å²) in [6.07, 6.45) is 6.58. The van der Waals surface area contributed by atoms with E-state index in [-0.39, 0.29) is 29.4 Å². The molecule has 136 valence electrons. The number of rotatable bonds is 7. The average molecular weight is 438 g/mol. The van der Waals surface area contributed by atoms with Gasteiger partial charge in [-0.2, -0.15) is 0 Å². The first kappa shape index (κ1) is 21.0. The quantitative estimate of drug-likeness (QED) is 0.278. The van der Waals surface area contributed by atoms with Crippen LogP contribution >= 0.6 is 24.0 Å². The van der Waals surface area contributed by atoms with Crippen LogP contribution in [0, 0.1) is 11.3 Å². The SMILES string of the molecule is CC(C)(CN=C(N)NCCCN1CCOCC1)C1CCCC1.I. The predicted molar refractivity (Wildman–Crippen MR) is 108 cm³/mol. The van der Waals surface area contributed by atoms with E-state index >= 15 is 0 Å². The maximum Gasteiger partial charge on any atom is 0.188 e. The zero-order valence-electron chi connectivity index (χ0n) is 14.9. The van der Waals surface area contributed by atoms with E-state index in [0.29, 0.717) is 5.96 Å². The molecule has 0 aromatic carbocycles. The minimum Gasteiger partial charge on any atom is -0.379 e. The van der Waals surface area contributed by atoms with Gasteiger partial charge >= 0.3 is 0 Å². The molecule has 0 amide bonds. The molecule has 5 nitrogen and oxygen atoms in total. The minimum absolute atomic E-state index is 0. The normalized spacial score (nSPS) is 21.2. The van der Waals surface area contributed by atoms with Crippen LogP contribution in [0.5, 0.6) is 0 Å². The van der Waals surface area contributed by atoms with Crippen molar-refractivity contribution < 1.29 is 4.74 Å². The van der Waals surface area contributed by atoms with Crippen LogP contribution in [0.2, 0.25) is 0 Å². The van der Waals surface area contributed by atoms with Crippen molar-refractivity contribution in [3.05, 3.63) is 0 Å². The number of hydrogen-bond donors (Lipinski definition) is 2. The van der Waals surface area contributed by atoms with Gasteiger partial charge in [0.1, 0.15) is 0 Å². The predicted octanol–water partition coefficient (Wildman–Crippen LogP) is 2.45. The van der Waals surface area contributed by atoms with E-state index in [1.165, 1.54) is 25.7 Å². The Morgan fingerprint density at radius 1 is 1.26 bits per heavy atom. The molecular formula is C17H35IN4O. The van der Waals surface area contributed by atoms with Crippen LogP contribution in [-0.2, 0) is 4.74 Å². The molecule has 0 bridgehead atoms. The fraction of sp³-hybridized carbons (Fsp3) is 0.941. The van der Waals surface area contributed by atoms with Gasteiger partial charge in [0, 0.05) is 26.2 Å². The Hall–Kier alpha value is -0.0800. The van der Waals surface area contributed by atoms with Gasteiger partial charge in [0.25, 0.3) is 0 Å². The molecule has 1 heterocycles. The van der Waals surface area contributed by atoms with Gasteiger partial charge in [-0.1, -0.05) is 26.7 Å². The summed E-state index contributed by atoms with van der Waals surface area (Å²) in [6, 6.07) is 0. The van der Waals surface area contributed by atoms with Crippen molar-refractivity contribution in [3.8, 4) is 0 Å². The summed E-state index contributed by atoms with van der Waals surface area (Å²) in [5.74, 6) is 1.42. The Labute approximate surface area is 158 Å². The van der Waals surface area contributed by atoms with Gasteiger partial charge in [0.15, 0.2) is 5.96 Å². The largest absolute Gasteiger partial charge is 0.379 e. The van der Waals surface area contributed by atoms with Crippen LogP contribution in [0.1, 0.15) is 46.0 Å². The van der Waals surface area contributed by atoms with Crippen LogP contribution in [0.25, 0.3) is 0 Å². The van der Waals surface area contributed by atoms with E-state index in [4.69, 9.17) is 10.5 Å². The van der Waals surface area contributed by atoms with Crippen LogP contribution in [0.3, 0.4) is 0 Å². The molecule has 2 aliphatic rings. The van der Waals surface area contributed by atoms with Gasteiger partial charge < -0.3 is 15.8 Å². The zero-order chi connectivity index (χ0) is 15.8. The number of nitrogens with two attached hydrogens (primary N) is 1. The maximum absolute atomic E-state index is 6.00. The Kier molecular flexibility index (Phi) is 9.77. The molecule has 0 aromatic heterocycles. The molecule has 1 saturated carbocycles. The van der Waals surface area contributed by atoms with Crippen LogP contribution < -0.4 is 11.1 Å². The highest BCUT2D eigenvalue weighted by Gasteiger charge is 2.31. The van der Waals surface area contributed by atoms with E-state index in [9.17, 15) is 0 Å². The first-order valence-electron chi connectivity index (χ1n) is 8.92. The monoisotopic (exact) mass is 438 g/mol. The molecule has 3 N–H and O–H groups in total. The third kappa shape index (κ3) is 7.56. The first-order valence-corrected chi connectivity index (χ1v) is 8.92. The van der Waals surface area contributed by atoms with Gasteiger partial charge in [0.05, 0.1) is 13.2 Å². The van der Waals surface area contributed by atoms with E-state index in [2.05, 4.69) is 29.1 Å². The molecule has 0 radical (unpaired) electrons. The van der Waals surface area contributed by atoms with Crippen LogP contribution in [-0.4, -0.2) is 56.8 Å². The van der Waals surface area contributed by atoms with E-state index in [0.717, 1.165) is 58.3 Å². The first-order chi connectivity index (χ1) is 10.6. The fourth-order valence-corrected chi connectivity index (χ4v) is 3.53. The zero-order valence-corrected chi connectivity index (χ0v) is 17.2. The molecule has 1 aliphatic carbocycles. The lowest BCUT2D eigenvalue weighted by Gasteiger charge is -2.30. The van der Waals surface area contributed by atoms with Gasteiger partial charge in [-0.3, -0.25) is 9.89 Å². The topological polar surface area (TPSA) is 62.9 Å². The van der Waals surface area contributed by atoms with Crippen molar-refractivity contribution >= 4 is 29.9 Å². The van der Waals surface area contributed by atoms with E-state index in [1.807, 2.05) is 0 Å². The highest BCUT2D eigenvalue weighted by molar-refractivity contribution is 14.0.